The third kappa shape index (κ3) is 6.98. The lowest BCUT2D eigenvalue weighted by Crippen LogP contribution is -2.24. The second-order valence-corrected chi connectivity index (χ2v) is 18.3. The Kier molecular flexibility index (Phi) is 9.91. The summed E-state index contributed by atoms with van der Waals surface area (Å²) in [4.78, 5) is 8.37. The van der Waals surface area contributed by atoms with Gasteiger partial charge in [0.1, 0.15) is 0 Å². The van der Waals surface area contributed by atoms with Crippen molar-refractivity contribution in [3.05, 3.63) is 259 Å². The predicted molar refractivity (Wildman–Crippen MR) is 288 cm³/mol. The van der Waals surface area contributed by atoms with Gasteiger partial charge in [-0.2, -0.15) is 5.26 Å². The molecule has 1 aliphatic rings. The topological polar surface area (TPSA) is 34.6 Å². The van der Waals surface area contributed by atoms with Crippen LogP contribution in [-0.4, -0.2) is 0 Å². The molecule has 324 valence electrons. The van der Waals surface area contributed by atoms with Crippen molar-refractivity contribution in [2.24, 2.45) is 0 Å². The largest absolute Gasteiger partial charge is 0.310 e. The Morgan fingerprint density at radius 2 is 0.899 bits per heavy atom. The molecule has 0 radical (unpaired) electrons. The highest BCUT2D eigenvalue weighted by atomic mass is 15.1. The highest BCUT2D eigenvalue weighted by Gasteiger charge is 2.35. The molecule has 0 atom stereocenters. The molecule has 0 spiro atoms. The molecule has 0 amide bonds. The number of rotatable bonds is 8. The van der Waals surface area contributed by atoms with Crippen LogP contribution >= 0.6 is 0 Å². The molecule has 1 aliphatic carbocycles. The molecular weight excluding hydrogens is 837 g/mol. The van der Waals surface area contributed by atoms with Crippen molar-refractivity contribution in [2.75, 3.05) is 9.80 Å². The summed E-state index contributed by atoms with van der Waals surface area (Å²) in [7, 11) is 0. The lowest BCUT2D eigenvalue weighted by atomic mass is 9.68. The van der Waals surface area contributed by atoms with E-state index in [2.05, 4.69) is 217 Å². The van der Waals surface area contributed by atoms with Gasteiger partial charge in [0.2, 0.25) is 0 Å². The van der Waals surface area contributed by atoms with Crippen molar-refractivity contribution in [3.8, 4) is 39.4 Å². The Labute approximate surface area is 402 Å². The monoisotopic (exact) mass is 880 g/mol. The van der Waals surface area contributed by atoms with E-state index in [1.807, 2.05) is 48.5 Å². The van der Waals surface area contributed by atoms with E-state index in [-0.39, 0.29) is 5.41 Å². The Morgan fingerprint density at radius 1 is 0.406 bits per heavy atom. The first-order valence-electron chi connectivity index (χ1n) is 23.3. The second-order valence-electron chi connectivity index (χ2n) is 18.3. The lowest BCUT2D eigenvalue weighted by molar-refractivity contribution is 0.645. The summed E-state index contributed by atoms with van der Waals surface area (Å²) in [5.74, 6) is 0. The van der Waals surface area contributed by atoms with E-state index in [4.69, 9.17) is 6.57 Å². The van der Waals surface area contributed by atoms with Crippen LogP contribution in [0, 0.1) is 17.9 Å². The third-order valence-corrected chi connectivity index (χ3v) is 14.1. The van der Waals surface area contributed by atoms with E-state index in [1.165, 1.54) is 60.3 Å². The van der Waals surface area contributed by atoms with Crippen molar-refractivity contribution in [2.45, 2.75) is 19.3 Å². The van der Waals surface area contributed by atoms with E-state index in [9.17, 15) is 5.26 Å². The zero-order valence-electron chi connectivity index (χ0n) is 38.2. The molecule has 0 bridgehead atoms. The number of nitriles is 1. The molecule has 12 rings (SSSR count). The van der Waals surface area contributed by atoms with E-state index >= 15 is 0 Å². The van der Waals surface area contributed by atoms with Gasteiger partial charge in [-0.3, -0.25) is 0 Å². The number of fused-ring (bicyclic) bond motifs is 6. The lowest BCUT2D eigenvalue weighted by Gasteiger charge is -2.37. The van der Waals surface area contributed by atoms with Gasteiger partial charge in [-0.1, -0.05) is 159 Å². The molecule has 0 unspecified atom stereocenters. The highest BCUT2D eigenvalue weighted by molar-refractivity contribution is 6.25. The summed E-state index contributed by atoms with van der Waals surface area (Å²) in [5.41, 5.74) is 16.7. The first kappa shape index (κ1) is 41.2. The van der Waals surface area contributed by atoms with Crippen LogP contribution in [0.2, 0.25) is 0 Å². The zero-order chi connectivity index (χ0) is 46.6. The quantitative estimate of drug-likeness (QED) is 0.113. The molecule has 4 heteroatoms. The van der Waals surface area contributed by atoms with Crippen molar-refractivity contribution < 1.29 is 0 Å². The van der Waals surface area contributed by atoms with E-state index < -0.39 is 0 Å². The Morgan fingerprint density at radius 3 is 1.49 bits per heavy atom. The fourth-order valence-electron chi connectivity index (χ4n) is 10.6. The van der Waals surface area contributed by atoms with Crippen molar-refractivity contribution in [1.29, 1.82) is 5.26 Å². The van der Waals surface area contributed by atoms with E-state index in [0.717, 1.165) is 50.6 Å². The molecule has 0 fully saturated rings. The smallest absolute Gasteiger partial charge is 0.187 e. The molecule has 0 aliphatic heterocycles. The molecule has 0 saturated carbocycles. The molecule has 11 aromatic carbocycles. The number of hydrogen-bond donors (Lipinski definition) is 0. The fourth-order valence-corrected chi connectivity index (χ4v) is 10.6. The average molecular weight is 881 g/mol. The Balaban J connectivity index is 1.04. The van der Waals surface area contributed by atoms with Crippen LogP contribution in [0.25, 0.3) is 70.5 Å². The first-order valence-corrected chi connectivity index (χ1v) is 23.3. The first-order chi connectivity index (χ1) is 33.9. The Bertz CT molecular complexity index is 3840. The second kappa shape index (κ2) is 16.6. The predicted octanol–water partition coefficient (Wildman–Crippen LogP) is 18.1. The van der Waals surface area contributed by atoms with Gasteiger partial charge in [0.15, 0.2) is 5.69 Å². The molecule has 0 saturated heterocycles. The summed E-state index contributed by atoms with van der Waals surface area (Å²) >= 11 is 0. The van der Waals surface area contributed by atoms with Crippen molar-refractivity contribution >= 4 is 72.1 Å². The zero-order valence-corrected chi connectivity index (χ0v) is 38.2. The van der Waals surface area contributed by atoms with E-state index in [1.54, 1.807) is 0 Å². The standard InChI is InChI=1S/C65H44N4/c1-65(2)61-20-12-19-57-59-41-63(69(52-35-27-48(67-3)28-36-52)51-33-25-47(26-34-51)45-15-8-5-9-16-45)56-18-11-10-17-54(56)58(59)40-60(64(57)61)55-38-37-53(39-62(55)65)68(49-29-21-43(42-66)22-30-49)50-31-23-46(24-32-50)44-13-6-4-7-14-44/h4-41H,1-2H3. The molecule has 11 aromatic rings. The van der Waals surface area contributed by atoms with Gasteiger partial charge < -0.3 is 9.80 Å². The summed E-state index contributed by atoms with van der Waals surface area (Å²) < 4.78 is 0. The SMILES string of the molecule is [C-]#[N+]c1ccc(N(c2ccc(-c3ccccc3)cc2)c2cc3c4cccc5c4c(cc3c3ccccc23)-c2ccc(N(c3ccc(C#N)cc3)c3ccc(-c4ccccc4)cc3)cc2C5(C)C)cc1. The minimum Gasteiger partial charge on any atom is -0.310 e. The highest BCUT2D eigenvalue weighted by Crippen LogP contribution is 2.54. The van der Waals surface area contributed by atoms with Crippen molar-refractivity contribution in [1.82, 2.24) is 0 Å². The van der Waals surface area contributed by atoms with Gasteiger partial charge >= 0.3 is 0 Å². The summed E-state index contributed by atoms with van der Waals surface area (Å²) in [6.45, 7) is 12.4. The number of nitrogens with zero attached hydrogens (tertiary/aromatic N) is 4. The molecule has 0 aromatic heterocycles. The van der Waals surface area contributed by atoms with Crippen LogP contribution in [0.15, 0.2) is 231 Å². The van der Waals surface area contributed by atoms with E-state index in [0.29, 0.717) is 11.3 Å². The maximum Gasteiger partial charge on any atom is 0.187 e. The van der Waals surface area contributed by atoms with Crippen LogP contribution in [0.1, 0.15) is 30.5 Å². The van der Waals surface area contributed by atoms with Gasteiger partial charge in [0.05, 0.1) is 23.9 Å². The average Bonchev–Trinajstić information content (AvgIpc) is 3.41. The minimum atomic E-state index is -0.351. The molecule has 0 N–H and O–H groups in total. The number of hydrogen-bond acceptors (Lipinski definition) is 3. The summed E-state index contributed by atoms with van der Waals surface area (Å²) in [6.07, 6.45) is 0. The van der Waals surface area contributed by atoms with Gasteiger partial charge in [-0.25, -0.2) is 4.85 Å². The van der Waals surface area contributed by atoms with Crippen LogP contribution in [0.4, 0.5) is 39.8 Å². The van der Waals surface area contributed by atoms with Gasteiger partial charge in [0, 0.05) is 39.2 Å². The maximum absolute atomic E-state index is 9.71. The molecule has 0 heterocycles. The molecule has 69 heavy (non-hydrogen) atoms. The normalized spacial score (nSPS) is 12.3. The van der Waals surface area contributed by atoms with Crippen LogP contribution in [0.3, 0.4) is 0 Å². The van der Waals surface area contributed by atoms with Crippen molar-refractivity contribution in [3.63, 3.8) is 0 Å². The molecular formula is C65H44N4. The molecule has 4 nitrogen and oxygen atoms in total. The summed E-state index contributed by atoms with van der Waals surface area (Å²) in [6, 6.07) is 84.0. The fraction of sp³-hybridized carbons (Fsp3) is 0.0462. The van der Waals surface area contributed by atoms with Gasteiger partial charge in [-0.05, 0) is 156 Å². The Hall–Kier alpha value is -9.22. The number of anilines is 6. The van der Waals surface area contributed by atoms with Crippen LogP contribution < -0.4 is 9.80 Å². The maximum atomic E-state index is 9.71. The third-order valence-electron chi connectivity index (χ3n) is 14.1. The summed E-state index contributed by atoms with van der Waals surface area (Å²) in [5, 5.41) is 16.9. The van der Waals surface area contributed by atoms with Crippen LogP contribution in [0.5, 0.6) is 0 Å². The minimum absolute atomic E-state index is 0.351. The van der Waals surface area contributed by atoms with Gasteiger partial charge in [0.25, 0.3) is 0 Å². The van der Waals surface area contributed by atoms with Gasteiger partial charge in [-0.15, -0.1) is 0 Å². The number of benzene rings is 11. The van der Waals surface area contributed by atoms with Crippen LogP contribution in [-0.2, 0) is 5.41 Å².